The molecule has 0 saturated carbocycles. The van der Waals surface area contributed by atoms with Gasteiger partial charge in [0.25, 0.3) is 0 Å². The molecule has 1 amide bonds. The minimum atomic E-state index is -0.480. The summed E-state index contributed by atoms with van der Waals surface area (Å²) < 4.78 is 15.0. The van der Waals surface area contributed by atoms with E-state index in [0.29, 0.717) is 12.3 Å². The van der Waals surface area contributed by atoms with Gasteiger partial charge >= 0.3 is 6.09 Å². The van der Waals surface area contributed by atoms with Gasteiger partial charge in [0.2, 0.25) is 0 Å². The van der Waals surface area contributed by atoms with Gasteiger partial charge in [0.05, 0.1) is 21.3 Å². The molecule has 0 aliphatic rings. The second-order valence-electron chi connectivity index (χ2n) is 3.48. The van der Waals surface area contributed by atoms with Crippen molar-refractivity contribution in [3.63, 3.8) is 0 Å². The molecular formula is C12H17NO4. The molecule has 5 heteroatoms. The topological polar surface area (TPSA) is 56.8 Å². The van der Waals surface area contributed by atoms with Gasteiger partial charge in [0, 0.05) is 12.1 Å². The van der Waals surface area contributed by atoms with Crippen LogP contribution in [0.15, 0.2) is 12.1 Å². The van der Waals surface area contributed by atoms with E-state index in [1.54, 1.807) is 14.2 Å². The summed E-state index contributed by atoms with van der Waals surface area (Å²) in [4.78, 5) is 11.0. The Morgan fingerprint density at radius 2 is 1.82 bits per heavy atom. The quantitative estimate of drug-likeness (QED) is 0.871. The van der Waals surface area contributed by atoms with Crippen LogP contribution in [0, 0.1) is 6.92 Å². The third kappa shape index (κ3) is 3.27. The van der Waals surface area contributed by atoms with Crippen LogP contribution in [0.2, 0.25) is 0 Å². The van der Waals surface area contributed by atoms with E-state index in [9.17, 15) is 4.79 Å². The number of carbonyl (C=O) groups excluding carboxylic acids is 1. The molecule has 1 N–H and O–H groups in total. The minimum Gasteiger partial charge on any atom is -0.496 e. The van der Waals surface area contributed by atoms with Gasteiger partial charge in [-0.25, -0.2) is 4.79 Å². The first kappa shape index (κ1) is 13.2. The first-order valence-corrected chi connectivity index (χ1v) is 5.15. The van der Waals surface area contributed by atoms with Gasteiger partial charge in [-0.05, 0) is 24.6 Å². The van der Waals surface area contributed by atoms with Crippen LogP contribution in [0.5, 0.6) is 11.5 Å². The van der Waals surface area contributed by atoms with Crippen molar-refractivity contribution in [1.82, 2.24) is 5.32 Å². The Kier molecular flexibility index (Phi) is 4.63. The van der Waals surface area contributed by atoms with Crippen LogP contribution in [0.1, 0.15) is 11.1 Å². The highest BCUT2D eigenvalue weighted by molar-refractivity contribution is 5.67. The number of hydrogen-bond acceptors (Lipinski definition) is 4. The van der Waals surface area contributed by atoms with E-state index in [2.05, 4.69) is 10.1 Å². The van der Waals surface area contributed by atoms with Crippen molar-refractivity contribution in [3.05, 3.63) is 23.3 Å². The van der Waals surface area contributed by atoms with E-state index in [-0.39, 0.29) is 0 Å². The summed E-state index contributed by atoms with van der Waals surface area (Å²) in [6.45, 7) is 2.26. The first-order valence-electron chi connectivity index (χ1n) is 5.15. The van der Waals surface area contributed by atoms with Crippen molar-refractivity contribution >= 4 is 6.09 Å². The second-order valence-corrected chi connectivity index (χ2v) is 3.48. The maximum atomic E-state index is 11.0. The van der Waals surface area contributed by atoms with Gasteiger partial charge in [-0.15, -0.1) is 0 Å². The fourth-order valence-electron chi connectivity index (χ4n) is 1.49. The highest BCUT2D eigenvalue weighted by Crippen LogP contribution is 2.28. The Balaban J connectivity index is 2.92. The molecule has 0 spiro atoms. The molecule has 1 rings (SSSR count). The van der Waals surface area contributed by atoms with Gasteiger partial charge in [0.15, 0.2) is 0 Å². The third-order valence-corrected chi connectivity index (χ3v) is 2.41. The molecule has 0 aliphatic carbocycles. The van der Waals surface area contributed by atoms with Crippen molar-refractivity contribution in [2.75, 3.05) is 21.3 Å². The largest absolute Gasteiger partial charge is 0.496 e. The van der Waals surface area contributed by atoms with E-state index in [1.165, 1.54) is 7.11 Å². The van der Waals surface area contributed by atoms with Gasteiger partial charge in [0.1, 0.15) is 11.5 Å². The maximum Gasteiger partial charge on any atom is 0.407 e. The van der Waals surface area contributed by atoms with Gasteiger partial charge in [-0.3, -0.25) is 0 Å². The van der Waals surface area contributed by atoms with Crippen molar-refractivity contribution < 1.29 is 19.0 Å². The van der Waals surface area contributed by atoms with E-state index in [4.69, 9.17) is 9.47 Å². The van der Waals surface area contributed by atoms with E-state index >= 15 is 0 Å². The van der Waals surface area contributed by atoms with Crippen molar-refractivity contribution in [2.24, 2.45) is 0 Å². The number of alkyl carbamates (subject to hydrolysis) is 1. The molecule has 0 bridgehead atoms. The highest BCUT2D eigenvalue weighted by Gasteiger charge is 2.09. The minimum absolute atomic E-state index is 0.326. The Labute approximate surface area is 101 Å². The lowest BCUT2D eigenvalue weighted by Crippen LogP contribution is -2.22. The van der Waals surface area contributed by atoms with Crippen LogP contribution >= 0.6 is 0 Å². The molecule has 0 saturated heterocycles. The Morgan fingerprint density at radius 3 is 2.35 bits per heavy atom. The first-order chi connectivity index (χ1) is 8.12. The van der Waals surface area contributed by atoms with Crippen molar-refractivity contribution in [3.8, 4) is 11.5 Å². The lowest BCUT2D eigenvalue weighted by molar-refractivity contribution is 0.170. The zero-order valence-electron chi connectivity index (χ0n) is 10.5. The lowest BCUT2D eigenvalue weighted by Gasteiger charge is -2.13. The molecule has 94 valence electrons. The number of hydrogen-bond donors (Lipinski definition) is 1. The number of methoxy groups -OCH3 is 3. The monoisotopic (exact) mass is 239 g/mol. The van der Waals surface area contributed by atoms with Crippen molar-refractivity contribution in [2.45, 2.75) is 13.5 Å². The summed E-state index contributed by atoms with van der Waals surface area (Å²) in [5, 5.41) is 2.60. The number of aryl methyl sites for hydroxylation is 1. The molecule has 0 atom stereocenters. The number of nitrogens with one attached hydrogen (secondary N) is 1. The number of benzene rings is 1. The number of amides is 1. The third-order valence-electron chi connectivity index (χ3n) is 2.41. The summed E-state index contributed by atoms with van der Waals surface area (Å²) in [5.41, 5.74) is 1.81. The molecule has 0 unspecified atom stereocenters. The van der Waals surface area contributed by atoms with Gasteiger partial charge in [-0.2, -0.15) is 0 Å². The Bertz CT molecular complexity index is 404. The lowest BCUT2D eigenvalue weighted by atomic mass is 10.1. The molecule has 0 aliphatic heterocycles. The number of carbonyl (C=O) groups is 1. The molecule has 0 aromatic heterocycles. The fourth-order valence-corrected chi connectivity index (χ4v) is 1.49. The van der Waals surface area contributed by atoms with E-state index in [0.717, 1.165) is 16.9 Å². The summed E-state index contributed by atoms with van der Waals surface area (Å²) in [7, 11) is 4.51. The van der Waals surface area contributed by atoms with Gasteiger partial charge < -0.3 is 19.5 Å². The SMILES string of the molecule is COC(=O)NCc1cc(OC)c(C)cc1OC. The second kappa shape index (κ2) is 5.98. The van der Waals surface area contributed by atoms with Crippen molar-refractivity contribution in [1.29, 1.82) is 0 Å². The smallest absolute Gasteiger partial charge is 0.407 e. The van der Waals surface area contributed by atoms with Gasteiger partial charge in [-0.1, -0.05) is 0 Å². The fraction of sp³-hybridized carbons (Fsp3) is 0.417. The summed E-state index contributed by atoms with van der Waals surface area (Å²) in [6.07, 6.45) is -0.480. The predicted octanol–water partition coefficient (Wildman–Crippen LogP) is 1.87. The molecule has 17 heavy (non-hydrogen) atoms. The van der Waals surface area contributed by atoms with Crippen LogP contribution < -0.4 is 14.8 Å². The Hall–Kier alpha value is -1.91. The number of rotatable bonds is 4. The molecule has 0 heterocycles. The zero-order chi connectivity index (χ0) is 12.8. The van der Waals surface area contributed by atoms with Crippen LogP contribution in [0.3, 0.4) is 0 Å². The normalized spacial score (nSPS) is 9.65. The van der Waals surface area contributed by atoms with Crippen LogP contribution in [0.25, 0.3) is 0 Å². The average Bonchev–Trinajstić information content (AvgIpc) is 2.36. The summed E-state index contributed by atoms with van der Waals surface area (Å²) in [6, 6.07) is 3.71. The summed E-state index contributed by atoms with van der Waals surface area (Å²) >= 11 is 0. The predicted molar refractivity (Wildman–Crippen MR) is 63.5 cm³/mol. The summed E-state index contributed by atoms with van der Waals surface area (Å²) in [5.74, 6) is 1.46. The van der Waals surface area contributed by atoms with Crippen LogP contribution in [-0.2, 0) is 11.3 Å². The molecular weight excluding hydrogens is 222 g/mol. The molecule has 1 aromatic rings. The van der Waals surface area contributed by atoms with E-state index in [1.807, 2.05) is 19.1 Å². The zero-order valence-corrected chi connectivity index (χ0v) is 10.5. The number of ether oxygens (including phenoxy) is 3. The van der Waals surface area contributed by atoms with Crippen LogP contribution in [0.4, 0.5) is 4.79 Å². The highest BCUT2D eigenvalue weighted by atomic mass is 16.5. The molecule has 0 radical (unpaired) electrons. The molecule has 1 aromatic carbocycles. The standard InChI is InChI=1S/C12H17NO4/c1-8-5-11(16-3)9(6-10(8)15-2)7-13-12(14)17-4/h5-6H,7H2,1-4H3,(H,13,14). The average molecular weight is 239 g/mol. The molecule has 0 fully saturated rings. The van der Waals surface area contributed by atoms with Crippen LogP contribution in [-0.4, -0.2) is 27.4 Å². The maximum absolute atomic E-state index is 11.0. The Morgan fingerprint density at radius 1 is 1.18 bits per heavy atom. The molecule has 5 nitrogen and oxygen atoms in total. The van der Waals surface area contributed by atoms with E-state index < -0.39 is 6.09 Å².